The van der Waals surface area contributed by atoms with Crippen LogP contribution in [0, 0.1) is 28.4 Å². The number of aryl methyl sites for hydroxylation is 1. The smallest absolute Gasteiger partial charge is 0.305 e. The summed E-state index contributed by atoms with van der Waals surface area (Å²) < 4.78 is 0. The number of carboxylic acid groups (broad SMARTS) is 2. The number of nitro benzene ring substituents is 1. The van der Waals surface area contributed by atoms with Crippen LogP contribution in [-0.4, -0.2) is 110 Å². The summed E-state index contributed by atoms with van der Waals surface area (Å²) in [5.41, 5.74) is 5.51. The highest BCUT2D eigenvalue weighted by molar-refractivity contribution is 6.37. The summed E-state index contributed by atoms with van der Waals surface area (Å²) in [6.07, 6.45) is -1.09. The topological polar surface area (TPSA) is 352 Å². The lowest BCUT2D eigenvalue weighted by atomic mass is 9.85. The summed E-state index contributed by atoms with van der Waals surface area (Å²) in [4.78, 5) is 142. The molecule has 7 atom stereocenters. The van der Waals surface area contributed by atoms with Gasteiger partial charge in [0.15, 0.2) is 0 Å². The molecular weight excluding hydrogens is 901 g/mol. The van der Waals surface area contributed by atoms with Crippen LogP contribution in [0.1, 0.15) is 116 Å². The van der Waals surface area contributed by atoms with Gasteiger partial charge in [-0.25, -0.2) is 0 Å². The predicted octanol–water partition coefficient (Wildman–Crippen LogP) is 1.83. The van der Waals surface area contributed by atoms with E-state index in [1.165, 1.54) is 19.1 Å². The van der Waals surface area contributed by atoms with Crippen molar-refractivity contribution >= 4 is 64.8 Å². The largest absolute Gasteiger partial charge is 0.481 e. The molecule has 0 heterocycles. The van der Waals surface area contributed by atoms with Crippen LogP contribution in [0.4, 0.5) is 5.69 Å². The fourth-order valence-electron chi connectivity index (χ4n) is 7.06. The van der Waals surface area contributed by atoms with Crippen molar-refractivity contribution in [1.29, 1.82) is 0 Å². The number of nitrogens with zero attached hydrogens (tertiary/aromatic N) is 1. The molecule has 10 N–H and O–H groups in total. The van der Waals surface area contributed by atoms with Crippen LogP contribution in [0.2, 0.25) is 0 Å². The standard InChI is InChI=1S/C47H66N8O14/c1-9-10-15-31(38(60)40(48)61)49-43(64)33(22-25(2)3)53-46(67)39(47(6,7)8)54-45(66)34(23-29-14-12-11-13-26(29)4)52-42(63)32(20-21-36(56)57)50-44(65)35(24-37(58)59)51-41(62)27(5)28-16-18-30(19-17-28)55(68)69/h11-14,16-19,25,27,31-35,39H,9-10,15,20-24H2,1-8H3,(H2,48,61)(H,49,64)(H,50,65)(H,51,62)(H,52,63)(H,53,67)(H,54,66)(H,56,57)(H,58,59)/t27?,31?,32-,33-,34-,35-,39+/m0/s1. The van der Waals surface area contributed by atoms with E-state index in [9.17, 15) is 68.3 Å². The molecule has 2 aromatic carbocycles. The van der Waals surface area contributed by atoms with Crippen LogP contribution in [0.15, 0.2) is 48.5 Å². The van der Waals surface area contributed by atoms with E-state index in [4.69, 9.17) is 5.73 Å². The molecule has 7 amide bonds. The van der Waals surface area contributed by atoms with E-state index in [1.54, 1.807) is 65.8 Å². The molecule has 2 unspecified atom stereocenters. The number of Topliss-reactive ketones (excluding diaryl/α,β-unsaturated/α-hetero) is 1. The average Bonchev–Trinajstić information content (AvgIpc) is 3.26. The normalized spacial score (nSPS) is 14.3. The van der Waals surface area contributed by atoms with Gasteiger partial charge in [-0.05, 0) is 61.1 Å². The van der Waals surface area contributed by atoms with E-state index < -0.39 is 131 Å². The zero-order chi connectivity index (χ0) is 52.3. The van der Waals surface area contributed by atoms with Gasteiger partial charge in [0.25, 0.3) is 11.6 Å². The number of primary amides is 1. The average molecular weight is 967 g/mol. The van der Waals surface area contributed by atoms with Gasteiger partial charge in [-0.1, -0.05) is 90.8 Å². The van der Waals surface area contributed by atoms with Crippen molar-refractivity contribution in [2.24, 2.45) is 17.1 Å². The van der Waals surface area contributed by atoms with Crippen molar-refractivity contribution in [3.05, 3.63) is 75.3 Å². The zero-order valence-corrected chi connectivity index (χ0v) is 40.2. The number of non-ortho nitro benzene ring substituents is 1. The molecule has 0 saturated carbocycles. The van der Waals surface area contributed by atoms with E-state index in [0.717, 1.165) is 12.1 Å². The number of amides is 7. The molecule has 0 bridgehead atoms. The van der Waals surface area contributed by atoms with Gasteiger partial charge in [-0.15, -0.1) is 0 Å². The Morgan fingerprint density at radius 3 is 1.71 bits per heavy atom. The minimum absolute atomic E-state index is 0.0822. The Kier molecular flexibility index (Phi) is 22.6. The number of hydrogen-bond acceptors (Lipinski definition) is 12. The molecule has 0 saturated heterocycles. The van der Waals surface area contributed by atoms with Gasteiger partial charge in [0.1, 0.15) is 30.2 Å². The number of nitro groups is 1. The SMILES string of the molecule is CCCCC(NC(=O)[C@H](CC(C)C)NC(=O)[C@@H](NC(=O)[C@H](Cc1ccccc1C)NC(=O)[C@H](CCC(=O)O)NC(=O)[C@H](CC(=O)O)NC(=O)C(C)c1ccc([N+](=O)[O-])cc1)C(C)(C)C)C(=O)C(N)=O. The fraction of sp³-hybridized carbons (Fsp3) is 0.532. The van der Waals surface area contributed by atoms with Gasteiger partial charge in [-0.3, -0.25) is 58.1 Å². The van der Waals surface area contributed by atoms with Crippen molar-refractivity contribution in [1.82, 2.24) is 31.9 Å². The Bertz CT molecular complexity index is 2210. The van der Waals surface area contributed by atoms with Crippen molar-refractivity contribution in [3.63, 3.8) is 0 Å². The quantitative estimate of drug-likeness (QED) is 0.0334. The molecule has 378 valence electrons. The third-order valence-electron chi connectivity index (χ3n) is 11.1. The lowest BCUT2D eigenvalue weighted by Gasteiger charge is -2.34. The summed E-state index contributed by atoms with van der Waals surface area (Å²) in [5.74, 6) is -12.0. The Morgan fingerprint density at radius 2 is 1.19 bits per heavy atom. The number of aliphatic carboxylic acids is 2. The number of carbonyl (C=O) groups is 10. The minimum Gasteiger partial charge on any atom is -0.481 e. The number of rotatable bonds is 28. The molecule has 0 spiro atoms. The van der Waals surface area contributed by atoms with E-state index in [2.05, 4.69) is 31.9 Å². The van der Waals surface area contributed by atoms with Gasteiger partial charge in [0.2, 0.25) is 41.2 Å². The first-order valence-electron chi connectivity index (χ1n) is 22.5. The number of nitrogens with one attached hydrogen (secondary N) is 6. The molecule has 0 radical (unpaired) electrons. The third-order valence-corrected chi connectivity index (χ3v) is 11.1. The number of unbranched alkanes of at least 4 members (excludes halogenated alkanes) is 1. The lowest BCUT2D eigenvalue weighted by molar-refractivity contribution is -0.384. The Balaban J connectivity index is 2.50. The second kappa shape index (κ2) is 26.9. The summed E-state index contributed by atoms with van der Waals surface area (Å²) in [6.45, 7) is 13.5. The maximum atomic E-state index is 14.4. The molecule has 0 aliphatic rings. The van der Waals surface area contributed by atoms with Gasteiger partial charge >= 0.3 is 11.9 Å². The highest BCUT2D eigenvalue weighted by Crippen LogP contribution is 2.22. The number of benzene rings is 2. The molecule has 0 aromatic heterocycles. The molecule has 0 fully saturated rings. The maximum absolute atomic E-state index is 14.4. The molecule has 2 rings (SSSR count). The van der Waals surface area contributed by atoms with Gasteiger partial charge in [-0.2, -0.15) is 0 Å². The van der Waals surface area contributed by atoms with E-state index in [0.29, 0.717) is 29.5 Å². The van der Waals surface area contributed by atoms with E-state index in [-0.39, 0.29) is 30.9 Å². The molecule has 22 heteroatoms. The maximum Gasteiger partial charge on any atom is 0.305 e. The van der Waals surface area contributed by atoms with Crippen molar-refractivity contribution in [3.8, 4) is 0 Å². The molecule has 2 aromatic rings. The number of carboxylic acids is 2. The molecular formula is C47H66N8O14. The minimum atomic E-state index is -1.81. The molecule has 69 heavy (non-hydrogen) atoms. The van der Waals surface area contributed by atoms with Crippen LogP contribution in [0.3, 0.4) is 0 Å². The van der Waals surface area contributed by atoms with Gasteiger partial charge in [0.05, 0.1) is 23.3 Å². The first kappa shape index (κ1) is 57.9. The molecule has 22 nitrogen and oxygen atoms in total. The summed E-state index contributed by atoms with van der Waals surface area (Å²) in [7, 11) is 0. The number of ketones is 1. The molecule has 0 aliphatic heterocycles. The summed E-state index contributed by atoms with van der Waals surface area (Å²) in [6, 6.07) is 2.89. The van der Waals surface area contributed by atoms with Crippen molar-refractivity contribution in [2.45, 2.75) is 149 Å². The second-order valence-corrected chi connectivity index (χ2v) is 18.3. The Hall–Kier alpha value is -7.26. The lowest BCUT2D eigenvalue weighted by Crippen LogP contribution is -2.62. The van der Waals surface area contributed by atoms with Crippen LogP contribution in [0.5, 0.6) is 0 Å². The highest BCUT2D eigenvalue weighted by Gasteiger charge is 2.39. The van der Waals surface area contributed by atoms with Gasteiger partial charge < -0.3 is 47.8 Å². The van der Waals surface area contributed by atoms with E-state index in [1.807, 2.05) is 6.92 Å². The van der Waals surface area contributed by atoms with Crippen LogP contribution >= 0.6 is 0 Å². The zero-order valence-electron chi connectivity index (χ0n) is 40.2. The summed E-state index contributed by atoms with van der Waals surface area (Å²) in [5, 5.41) is 45.4. The predicted molar refractivity (Wildman–Crippen MR) is 250 cm³/mol. The molecule has 0 aliphatic carbocycles. The van der Waals surface area contributed by atoms with Gasteiger partial charge in [0, 0.05) is 25.0 Å². The van der Waals surface area contributed by atoms with E-state index >= 15 is 0 Å². The number of nitrogens with two attached hydrogens (primary N) is 1. The first-order chi connectivity index (χ1) is 32.2. The van der Waals surface area contributed by atoms with Crippen LogP contribution < -0.4 is 37.6 Å². The highest BCUT2D eigenvalue weighted by atomic mass is 16.6. The first-order valence-corrected chi connectivity index (χ1v) is 22.5. The Morgan fingerprint density at radius 1 is 0.667 bits per heavy atom. The fourth-order valence-corrected chi connectivity index (χ4v) is 7.06. The Labute approximate surface area is 400 Å². The number of hydrogen-bond donors (Lipinski definition) is 9. The van der Waals surface area contributed by atoms with Crippen LogP contribution in [-0.2, 0) is 54.4 Å². The number of carbonyl (C=O) groups excluding carboxylic acids is 8. The van der Waals surface area contributed by atoms with Crippen molar-refractivity contribution < 1.29 is 63.1 Å². The third kappa shape index (κ3) is 19.1. The monoisotopic (exact) mass is 966 g/mol. The van der Waals surface area contributed by atoms with Crippen LogP contribution in [0.25, 0.3) is 0 Å². The second-order valence-electron chi connectivity index (χ2n) is 18.3. The summed E-state index contributed by atoms with van der Waals surface area (Å²) >= 11 is 0. The van der Waals surface area contributed by atoms with Crippen molar-refractivity contribution in [2.75, 3.05) is 0 Å².